The Morgan fingerprint density at radius 2 is 1.22 bits per heavy atom. The third kappa shape index (κ3) is 5.98. The van der Waals surface area contributed by atoms with E-state index in [9.17, 15) is 38.7 Å². The number of carbonyl (C=O) groups is 7. The summed E-state index contributed by atoms with van der Waals surface area (Å²) in [5.41, 5.74) is -7.57. The predicted octanol–water partition coefficient (Wildman–Crippen LogP) is 2.89. The Balaban J connectivity index is 1.90. The molecule has 12 atom stereocenters. The Morgan fingerprint density at radius 1 is 0.686 bits per heavy atom. The number of ether oxygens (including phenoxy) is 6. The smallest absolute Gasteiger partial charge is 0.338 e. The summed E-state index contributed by atoms with van der Waals surface area (Å²) < 4.78 is 36.4. The van der Waals surface area contributed by atoms with Gasteiger partial charge in [-0.25, -0.2) is 4.79 Å². The van der Waals surface area contributed by atoms with Crippen molar-refractivity contribution < 1.29 is 67.1 Å². The van der Waals surface area contributed by atoms with Crippen LogP contribution in [0.2, 0.25) is 0 Å². The summed E-state index contributed by atoms with van der Waals surface area (Å²) in [5, 5.41) is 13.3. The lowest BCUT2D eigenvalue weighted by Crippen LogP contribution is -2.71. The van der Waals surface area contributed by atoms with Crippen molar-refractivity contribution in [3.8, 4) is 0 Å². The summed E-state index contributed by atoms with van der Waals surface area (Å²) in [6, 6.07) is 8.04. The maximum Gasteiger partial charge on any atom is 0.338 e. The van der Waals surface area contributed by atoms with Crippen molar-refractivity contribution in [2.45, 2.75) is 117 Å². The van der Waals surface area contributed by atoms with Crippen LogP contribution in [0.15, 0.2) is 30.3 Å². The molecule has 4 aliphatic carbocycles. The van der Waals surface area contributed by atoms with Gasteiger partial charge in [0.05, 0.1) is 22.3 Å². The van der Waals surface area contributed by atoms with Gasteiger partial charge in [-0.05, 0) is 38.3 Å². The molecule has 4 fully saturated rings. The zero-order valence-corrected chi connectivity index (χ0v) is 30.3. The van der Waals surface area contributed by atoms with Crippen LogP contribution in [-0.4, -0.2) is 88.4 Å². The summed E-state index contributed by atoms with van der Waals surface area (Å²) in [6.45, 7) is 11.9. The van der Waals surface area contributed by atoms with Crippen molar-refractivity contribution in [1.82, 2.24) is 0 Å². The molecule has 1 aromatic carbocycles. The van der Waals surface area contributed by atoms with Crippen molar-refractivity contribution in [1.29, 1.82) is 0 Å². The monoisotopic (exact) mass is 714 g/mol. The normalized spacial score (nSPS) is 38.9. The number of hydrogen-bond donors (Lipinski definition) is 1. The largest absolute Gasteiger partial charge is 0.461 e. The molecule has 14 nitrogen and oxygen atoms in total. The molecule has 5 rings (SSSR count). The third-order valence-corrected chi connectivity index (χ3v) is 11.4. The Kier molecular flexibility index (Phi) is 9.68. The first-order valence-electron chi connectivity index (χ1n) is 17.0. The van der Waals surface area contributed by atoms with Gasteiger partial charge in [0.1, 0.15) is 29.7 Å². The molecule has 0 aromatic heterocycles. The maximum atomic E-state index is 14.5. The van der Waals surface area contributed by atoms with E-state index in [1.807, 2.05) is 0 Å². The first-order valence-corrected chi connectivity index (χ1v) is 17.0. The van der Waals surface area contributed by atoms with E-state index in [1.165, 1.54) is 26.0 Å². The second kappa shape index (κ2) is 13.0. The third-order valence-electron chi connectivity index (χ3n) is 11.4. The number of carbonyl (C=O) groups excluding carboxylic acids is 7. The zero-order chi connectivity index (χ0) is 38.0. The standard InChI is InChI=1S/C37H46O14/c1-17-15-36(45)26(27(17)50-31(44)23-13-11-10-12-14-23)30(47-19(3)39)37(51-22(6)42)16-24-25(29(46-18(2)38)34(7,8)28(24)43)35(9,32(36)48-20(4)40)33(37)49-21(5)41/h10-14,17,24-27,29-30,32-33,45H,15-16H2,1-9H3/t17-,24-,25-,26-,27-,29+,30-,32+,33-,35-,36-,37-/m1/s1. The fourth-order valence-corrected chi connectivity index (χ4v) is 10.0. The summed E-state index contributed by atoms with van der Waals surface area (Å²) >= 11 is 0. The Bertz CT molecular complexity index is 1640. The quantitative estimate of drug-likeness (QED) is 0.320. The van der Waals surface area contributed by atoms with Gasteiger partial charge < -0.3 is 33.5 Å². The van der Waals surface area contributed by atoms with Gasteiger partial charge in [-0.15, -0.1) is 0 Å². The minimum atomic E-state index is -2.26. The SMILES string of the molecule is CC(=O)O[C@@H]1[C@H]2[C@H](OC(=O)c3ccccc3)[C@H](C)C[C@]2(O)[C@@H](OC(C)=O)[C@@]2(C)[C@@H]3[C@@H](C[C@]1(OC(C)=O)[C@@H]2OC(C)=O)C(=O)C(C)(C)[C@H]3OC(C)=O. The first kappa shape index (κ1) is 37.9. The van der Waals surface area contributed by atoms with Crippen LogP contribution in [0.25, 0.3) is 0 Å². The summed E-state index contributed by atoms with van der Waals surface area (Å²) in [5.74, 6) is -9.88. The van der Waals surface area contributed by atoms with Gasteiger partial charge in [-0.2, -0.15) is 0 Å². The molecule has 1 N–H and O–H groups in total. The molecule has 0 spiro atoms. The molecule has 0 aliphatic heterocycles. The van der Waals surface area contributed by atoms with Gasteiger partial charge in [0.25, 0.3) is 0 Å². The van der Waals surface area contributed by atoms with E-state index in [0.29, 0.717) is 0 Å². The van der Waals surface area contributed by atoms with E-state index in [2.05, 4.69) is 0 Å². The van der Waals surface area contributed by atoms with E-state index in [1.54, 1.807) is 39.0 Å². The Hall–Kier alpha value is -4.33. The molecule has 1 aromatic rings. The van der Waals surface area contributed by atoms with Crippen LogP contribution in [0, 0.1) is 34.5 Å². The Morgan fingerprint density at radius 3 is 1.75 bits per heavy atom. The molecule has 0 saturated heterocycles. The van der Waals surface area contributed by atoms with Crippen LogP contribution in [0.4, 0.5) is 0 Å². The number of aliphatic hydroxyl groups is 1. The van der Waals surface area contributed by atoms with Crippen molar-refractivity contribution in [2.24, 2.45) is 34.5 Å². The number of rotatable bonds is 7. The van der Waals surface area contributed by atoms with E-state index < -0.39 is 124 Å². The van der Waals surface area contributed by atoms with Gasteiger partial charge >= 0.3 is 35.8 Å². The molecule has 0 unspecified atom stereocenters. The molecule has 2 bridgehead atoms. The topological polar surface area (TPSA) is 195 Å². The van der Waals surface area contributed by atoms with Gasteiger partial charge in [-0.1, -0.05) is 32.0 Å². The van der Waals surface area contributed by atoms with Crippen molar-refractivity contribution in [2.75, 3.05) is 0 Å². The lowest BCUT2D eigenvalue weighted by Gasteiger charge is -2.58. The van der Waals surface area contributed by atoms with Gasteiger partial charge in [0.15, 0.2) is 17.8 Å². The molecule has 0 radical (unpaired) electrons. The molecule has 4 aliphatic rings. The molecule has 4 saturated carbocycles. The fraction of sp³-hybridized carbons (Fsp3) is 0.649. The summed E-state index contributed by atoms with van der Waals surface area (Å²) in [7, 11) is 0. The summed E-state index contributed by atoms with van der Waals surface area (Å²) in [4.78, 5) is 93.4. The highest BCUT2D eigenvalue weighted by Crippen LogP contribution is 2.69. The molecule has 0 amide bonds. The van der Waals surface area contributed by atoms with Crippen LogP contribution in [-0.2, 0) is 57.2 Å². The average Bonchev–Trinajstić information content (AvgIpc) is 3.36. The maximum absolute atomic E-state index is 14.5. The van der Waals surface area contributed by atoms with Crippen molar-refractivity contribution >= 4 is 41.6 Å². The number of hydrogen-bond acceptors (Lipinski definition) is 14. The lowest BCUT2D eigenvalue weighted by atomic mass is 9.53. The van der Waals surface area contributed by atoms with Crippen LogP contribution in [0.3, 0.4) is 0 Å². The highest BCUT2D eigenvalue weighted by molar-refractivity contribution is 5.91. The molecule has 278 valence electrons. The van der Waals surface area contributed by atoms with Gasteiger partial charge in [0.2, 0.25) is 0 Å². The number of ketones is 1. The highest BCUT2D eigenvalue weighted by Gasteiger charge is 2.84. The van der Waals surface area contributed by atoms with Gasteiger partial charge in [-0.3, -0.25) is 28.8 Å². The molecule has 14 heteroatoms. The van der Waals surface area contributed by atoms with Gasteiger partial charge in [0, 0.05) is 52.9 Å². The molecular formula is C37H46O14. The highest BCUT2D eigenvalue weighted by atomic mass is 16.6. The van der Waals surface area contributed by atoms with E-state index >= 15 is 0 Å². The number of Topliss-reactive ketones (excluding diaryl/α,β-unsaturated/α-hetero) is 1. The first-order chi connectivity index (χ1) is 23.6. The summed E-state index contributed by atoms with van der Waals surface area (Å²) in [6.07, 6.45) is -8.24. The average molecular weight is 715 g/mol. The second-order valence-corrected chi connectivity index (χ2v) is 15.3. The van der Waals surface area contributed by atoms with E-state index in [0.717, 1.165) is 27.7 Å². The molecular weight excluding hydrogens is 668 g/mol. The molecule has 0 heterocycles. The van der Waals surface area contributed by atoms with Crippen LogP contribution in [0.5, 0.6) is 0 Å². The molecule has 51 heavy (non-hydrogen) atoms. The number of esters is 6. The zero-order valence-electron chi connectivity index (χ0n) is 30.3. The predicted molar refractivity (Wildman–Crippen MR) is 173 cm³/mol. The van der Waals surface area contributed by atoms with Crippen LogP contribution in [0.1, 0.15) is 85.5 Å². The van der Waals surface area contributed by atoms with Crippen LogP contribution < -0.4 is 0 Å². The number of benzene rings is 1. The minimum absolute atomic E-state index is 0.180. The minimum Gasteiger partial charge on any atom is -0.461 e. The van der Waals surface area contributed by atoms with Crippen LogP contribution >= 0.6 is 0 Å². The van der Waals surface area contributed by atoms with E-state index in [4.69, 9.17) is 28.4 Å². The second-order valence-electron chi connectivity index (χ2n) is 15.3. The lowest BCUT2D eigenvalue weighted by molar-refractivity contribution is -0.276. The van der Waals surface area contributed by atoms with Crippen molar-refractivity contribution in [3.63, 3.8) is 0 Å². The van der Waals surface area contributed by atoms with Crippen molar-refractivity contribution in [3.05, 3.63) is 35.9 Å². The van der Waals surface area contributed by atoms with E-state index in [-0.39, 0.29) is 12.0 Å². The number of fused-ring (bicyclic) bond motifs is 5. The Labute approximate surface area is 295 Å². The fourth-order valence-electron chi connectivity index (χ4n) is 10.0.